The lowest BCUT2D eigenvalue weighted by Gasteiger charge is -2.28. The van der Waals surface area contributed by atoms with Gasteiger partial charge in [0.15, 0.2) is 5.37 Å². The van der Waals surface area contributed by atoms with Crippen molar-refractivity contribution in [1.29, 1.82) is 0 Å². The second-order valence-electron chi connectivity index (χ2n) is 6.21. The summed E-state index contributed by atoms with van der Waals surface area (Å²) in [7, 11) is -2.62. The molecular formula is C20H20N2O5S. The van der Waals surface area contributed by atoms with E-state index in [-0.39, 0.29) is 6.54 Å². The summed E-state index contributed by atoms with van der Waals surface area (Å²) >= 11 is 0. The summed E-state index contributed by atoms with van der Waals surface area (Å²) < 4.78 is 37.7. The van der Waals surface area contributed by atoms with E-state index in [4.69, 9.17) is 4.74 Å². The number of carbonyl (C=O) groups is 1. The lowest BCUT2D eigenvalue weighted by Crippen LogP contribution is -2.36. The van der Waals surface area contributed by atoms with Crippen molar-refractivity contribution in [2.45, 2.75) is 11.9 Å². The molecule has 3 rings (SSSR count). The molecule has 2 aromatic carbocycles. The van der Waals surface area contributed by atoms with Gasteiger partial charge in [0.05, 0.1) is 0 Å². The van der Waals surface area contributed by atoms with Crippen LogP contribution in [-0.4, -0.2) is 36.4 Å². The molecule has 0 saturated carbocycles. The second kappa shape index (κ2) is 8.28. The molecule has 0 bridgehead atoms. The van der Waals surface area contributed by atoms with E-state index in [0.29, 0.717) is 11.4 Å². The smallest absolute Gasteiger partial charge is 0.410 e. The minimum absolute atomic E-state index is 0.267. The second-order valence-corrected chi connectivity index (χ2v) is 7.72. The van der Waals surface area contributed by atoms with Crippen LogP contribution in [-0.2, 0) is 16.7 Å². The van der Waals surface area contributed by atoms with E-state index in [2.05, 4.69) is 0 Å². The minimum Gasteiger partial charge on any atom is -0.410 e. The van der Waals surface area contributed by atoms with Gasteiger partial charge >= 0.3 is 6.09 Å². The molecule has 0 fully saturated rings. The van der Waals surface area contributed by atoms with Crippen LogP contribution in [0.3, 0.4) is 0 Å². The van der Waals surface area contributed by atoms with Gasteiger partial charge in [-0.05, 0) is 42.0 Å². The average Bonchev–Trinajstić information content (AvgIpc) is 2.69. The number of rotatable bonds is 5. The predicted octanol–water partition coefficient (Wildman–Crippen LogP) is 3.42. The van der Waals surface area contributed by atoms with Crippen LogP contribution in [0.2, 0.25) is 0 Å². The van der Waals surface area contributed by atoms with Crippen molar-refractivity contribution in [3.05, 3.63) is 84.6 Å². The number of amides is 1. The normalized spacial score (nSPS) is 16.1. The molecule has 0 saturated heterocycles. The van der Waals surface area contributed by atoms with Crippen LogP contribution >= 0.6 is 0 Å². The maximum atomic E-state index is 12.3. The zero-order chi connectivity index (χ0) is 20.1. The van der Waals surface area contributed by atoms with E-state index in [1.54, 1.807) is 61.8 Å². The van der Waals surface area contributed by atoms with Gasteiger partial charge in [0.2, 0.25) is 0 Å². The lowest BCUT2D eigenvalue weighted by atomic mass is 10.2. The Balaban J connectivity index is 1.64. The molecular weight excluding hydrogens is 380 g/mol. The summed E-state index contributed by atoms with van der Waals surface area (Å²) in [6.07, 6.45) is 5.75. The van der Waals surface area contributed by atoms with Crippen molar-refractivity contribution in [2.75, 3.05) is 11.9 Å². The van der Waals surface area contributed by atoms with Crippen LogP contribution in [0, 0.1) is 0 Å². The molecule has 7 nitrogen and oxygen atoms in total. The first-order valence-electron chi connectivity index (χ1n) is 8.51. The quantitative estimate of drug-likeness (QED) is 0.774. The first-order valence-corrected chi connectivity index (χ1v) is 10.0. The molecule has 2 aromatic rings. The summed E-state index contributed by atoms with van der Waals surface area (Å²) in [5.74, 6) is 0.372. The zero-order valence-corrected chi connectivity index (χ0v) is 16.0. The third kappa shape index (κ3) is 4.79. The molecule has 0 spiro atoms. The highest BCUT2D eigenvalue weighted by molar-refractivity contribution is 7.86. The number of hydrogen-bond acceptors (Lipinski definition) is 5. The Morgan fingerprint density at radius 3 is 2.43 bits per heavy atom. The van der Waals surface area contributed by atoms with Crippen LogP contribution < -0.4 is 9.64 Å². The number of hydrogen-bond donors (Lipinski definition) is 1. The SMILES string of the molecule is CN(C(=O)Oc1ccc(CN2C=CC=CC2S(=O)(=O)O)cc1)c1ccccc1. The summed E-state index contributed by atoms with van der Waals surface area (Å²) in [6.45, 7) is 0.267. The monoisotopic (exact) mass is 400 g/mol. The molecule has 1 aliphatic heterocycles. The number of allylic oxidation sites excluding steroid dienone is 2. The number of para-hydroxylation sites is 1. The highest BCUT2D eigenvalue weighted by Gasteiger charge is 2.26. The molecule has 1 amide bonds. The van der Waals surface area contributed by atoms with Crippen LogP contribution in [0.25, 0.3) is 0 Å². The van der Waals surface area contributed by atoms with E-state index in [1.807, 2.05) is 18.2 Å². The Hall–Kier alpha value is -3.10. The molecule has 1 unspecified atom stereocenters. The Morgan fingerprint density at radius 1 is 1.11 bits per heavy atom. The maximum Gasteiger partial charge on any atom is 0.419 e. The van der Waals surface area contributed by atoms with Crippen LogP contribution in [0.15, 0.2) is 79.0 Å². The number of carbonyl (C=O) groups excluding carboxylic acids is 1. The van der Waals surface area contributed by atoms with Crippen molar-refractivity contribution in [3.63, 3.8) is 0 Å². The summed E-state index contributed by atoms with van der Waals surface area (Å²) in [5, 5.41) is -1.13. The molecule has 0 radical (unpaired) electrons. The number of ether oxygens (including phenoxy) is 1. The van der Waals surface area contributed by atoms with E-state index >= 15 is 0 Å². The van der Waals surface area contributed by atoms with E-state index in [0.717, 1.165) is 5.56 Å². The molecule has 1 N–H and O–H groups in total. The fraction of sp³-hybridized carbons (Fsp3) is 0.150. The molecule has 146 valence electrons. The van der Waals surface area contributed by atoms with Gasteiger partial charge in [0.1, 0.15) is 5.75 Å². The Labute approximate surface area is 163 Å². The predicted molar refractivity (Wildman–Crippen MR) is 106 cm³/mol. The summed E-state index contributed by atoms with van der Waals surface area (Å²) in [4.78, 5) is 15.2. The van der Waals surface area contributed by atoms with Gasteiger partial charge < -0.3 is 9.64 Å². The van der Waals surface area contributed by atoms with Gasteiger partial charge in [-0.3, -0.25) is 9.45 Å². The molecule has 0 aromatic heterocycles. The van der Waals surface area contributed by atoms with Gasteiger partial charge in [0, 0.05) is 25.5 Å². The summed E-state index contributed by atoms with van der Waals surface area (Å²) in [6, 6.07) is 15.9. The van der Waals surface area contributed by atoms with Crippen molar-refractivity contribution in [1.82, 2.24) is 4.90 Å². The molecule has 0 aliphatic carbocycles. The van der Waals surface area contributed by atoms with Gasteiger partial charge in [0.25, 0.3) is 10.1 Å². The fourth-order valence-electron chi connectivity index (χ4n) is 2.73. The van der Waals surface area contributed by atoms with Crippen LogP contribution in [0.4, 0.5) is 10.5 Å². The Kier molecular flexibility index (Phi) is 5.81. The van der Waals surface area contributed by atoms with Gasteiger partial charge in [-0.2, -0.15) is 8.42 Å². The topological polar surface area (TPSA) is 87.2 Å². The minimum atomic E-state index is -4.24. The Bertz CT molecular complexity index is 985. The molecule has 1 heterocycles. The van der Waals surface area contributed by atoms with Crippen molar-refractivity contribution in [2.24, 2.45) is 0 Å². The Morgan fingerprint density at radius 2 is 1.79 bits per heavy atom. The van der Waals surface area contributed by atoms with Crippen molar-refractivity contribution in [3.8, 4) is 5.75 Å². The molecule has 1 aliphatic rings. The average molecular weight is 400 g/mol. The number of nitrogens with zero attached hydrogens (tertiary/aromatic N) is 2. The molecule has 28 heavy (non-hydrogen) atoms. The molecule has 1 atom stereocenters. The number of benzene rings is 2. The van der Waals surface area contributed by atoms with E-state index in [1.165, 1.54) is 15.9 Å². The molecule has 8 heteroatoms. The van der Waals surface area contributed by atoms with Crippen molar-refractivity contribution < 1.29 is 22.5 Å². The van der Waals surface area contributed by atoms with Gasteiger partial charge in [-0.1, -0.05) is 36.4 Å². The standard InChI is InChI=1S/C20H20N2O5S/c1-21(17-7-3-2-4-8-17)20(23)27-18-12-10-16(11-13-18)15-22-14-6-5-9-19(22)28(24,25)26/h2-14,19H,15H2,1H3,(H,24,25,26). The largest absolute Gasteiger partial charge is 0.419 e. The fourth-order valence-corrected chi connectivity index (χ4v) is 3.50. The van der Waals surface area contributed by atoms with E-state index < -0.39 is 21.6 Å². The lowest BCUT2D eigenvalue weighted by molar-refractivity contribution is 0.209. The highest BCUT2D eigenvalue weighted by Crippen LogP contribution is 2.20. The highest BCUT2D eigenvalue weighted by atomic mass is 32.2. The first-order chi connectivity index (χ1) is 13.3. The first kappa shape index (κ1) is 19.7. The number of anilines is 1. The third-order valence-corrected chi connectivity index (χ3v) is 5.25. The van der Waals surface area contributed by atoms with Gasteiger partial charge in [-0.15, -0.1) is 0 Å². The van der Waals surface area contributed by atoms with Crippen LogP contribution in [0.1, 0.15) is 5.56 Å². The van der Waals surface area contributed by atoms with Crippen LogP contribution in [0.5, 0.6) is 5.75 Å². The van der Waals surface area contributed by atoms with E-state index in [9.17, 15) is 17.8 Å². The van der Waals surface area contributed by atoms with Crippen molar-refractivity contribution >= 4 is 21.9 Å². The van der Waals surface area contributed by atoms with Gasteiger partial charge in [-0.25, -0.2) is 4.79 Å². The zero-order valence-electron chi connectivity index (χ0n) is 15.2. The maximum absolute atomic E-state index is 12.3. The summed E-state index contributed by atoms with van der Waals surface area (Å²) in [5.41, 5.74) is 1.51. The third-order valence-electron chi connectivity index (χ3n) is 4.21.